The molecule has 2 heteroatoms. The molecule has 20 heavy (non-hydrogen) atoms. The second kappa shape index (κ2) is 7.24. The highest BCUT2D eigenvalue weighted by atomic mass is 16.5. The van der Waals surface area contributed by atoms with Crippen LogP contribution in [0.4, 0.5) is 0 Å². The Bertz CT molecular complexity index is 386. The van der Waals surface area contributed by atoms with Gasteiger partial charge in [0.05, 0.1) is 12.7 Å². The van der Waals surface area contributed by atoms with Crippen LogP contribution < -0.4 is 5.32 Å². The molecule has 0 amide bonds. The number of hydrogen-bond acceptors (Lipinski definition) is 2. The van der Waals surface area contributed by atoms with Crippen LogP contribution >= 0.6 is 0 Å². The molecule has 1 aliphatic carbocycles. The van der Waals surface area contributed by atoms with Crippen molar-refractivity contribution < 1.29 is 4.74 Å². The molecule has 0 atom stereocenters. The van der Waals surface area contributed by atoms with E-state index in [1.54, 1.807) is 0 Å². The number of benzene rings is 1. The summed E-state index contributed by atoms with van der Waals surface area (Å²) in [6.07, 6.45) is 5.47. The summed E-state index contributed by atoms with van der Waals surface area (Å²) in [5.41, 5.74) is 3.15. The molecule has 1 aromatic carbocycles. The summed E-state index contributed by atoms with van der Waals surface area (Å²) in [7, 11) is 0. The van der Waals surface area contributed by atoms with E-state index in [-0.39, 0.29) is 0 Å². The van der Waals surface area contributed by atoms with Crippen LogP contribution in [0, 0.1) is 5.41 Å². The minimum atomic E-state index is 0.462. The van der Waals surface area contributed by atoms with Crippen molar-refractivity contribution in [3.05, 3.63) is 35.4 Å². The van der Waals surface area contributed by atoms with Gasteiger partial charge < -0.3 is 10.1 Å². The standard InChI is InChI=1S/C18H29NO/c1-4-19-13-15-5-7-16(8-6-15)14-20-17-9-11-18(2,3)12-10-17/h5-8,17,19H,4,9-14H2,1-3H3. The maximum absolute atomic E-state index is 6.07. The van der Waals surface area contributed by atoms with Crippen molar-refractivity contribution in [2.45, 2.75) is 65.7 Å². The van der Waals surface area contributed by atoms with Crippen LogP contribution in [0.5, 0.6) is 0 Å². The Morgan fingerprint density at radius 2 is 1.70 bits per heavy atom. The lowest BCUT2D eigenvalue weighted by molar-refractivity contribution is -0.00558. The van der Waals surface area contributed by atoms with E-state index in [0.29, 0.717) is 11.5 Å². The van der Waals surface area contributed by atoms with Gasteiger partial charge in [-0.15, -0.1) is 0 Å². The third-order valence-electron chi connectivity index (χ3n) is 4.37. The van der Waals surface area contributed by atoms with E-state index in [1.807, 2.05) is 0 Å². The average molecular weight is 275 g/mol. The molecule has 0 heterocycles. The van der Waals surface area contributed by atoms with Crippen molar-refractivity contribution in [2.75, 3.05) is 6.54 Å². The highest BCUT2D eigenvalue weighted by Crippen LogP contribution is 2.36. The van der Waals surface area contributed by atoms with Crippen molar-refractivity contribution in [1.82, 2.24) is 5.32 Å². The molecule has 1 aromatic rings. The number of nitrogens with one attached hydrogen (secondary N) is 1. The Balaban J connectivity index is 1.74. The van der Waals surface area contributed by atoms with Gasteiger partial charge in [0.15, 0.2) is 0 Å². The molecule has 112 valence electrons. The number of ether oxygens (including phenoxy) is 1. The Kier molecular flexibility index (Phi) is 5.62. The Morgan fingerprint density at radius 1 is 1.10 bits per heavy atom. The van der Waals surface area contributed by atoms with E-state index < -0.39 is 0 Å². The van der Waals surface area contributed by atoms with Crippen molar-refractivity contribution >= 4 is 0 Å². The number of rotatable bonds is 6. The molecule has 0 aromatic heterocycles. The molecule has 2 nitrogen and oxygen atoms in total. The topological polar surface area (TPSA) is 21.3 Å². The molecule has 0 unspecified atom stereocenters. The summed E-state index contributed by atoms with van der Waals surface area (Å²) in [6.45, 7) is 9.59. The predicted octanol–water partition coefficient (Wildman–Crippen LogP) is 4.28. The van der Waals surface area contributed by atoms with E-state index >= 15 is 0 Å². The lowest BCUT2D eigenvalue weighted by Crippen LogP contribution is -2.26. The van der Waals surface area contributed by atoms with Gasteiger partial charge >= 0.3 is 0 Å². The zero-order valence-electron chi connectivity index (χ0n) is 13.2. The third kappa shape index (κ3) is 4.92. The van der Waals surface area contributed by atoms with Gasteiger partial charge in [0, 0.05) is 6.54 Å². The van der Waals surface area contributed by atoms with E-state index in [2.05, 4.69) is 50.4 Å². The SMILES string of the molecule is CCNCc1ccc(COC2CCC(C)(C)CC2)cc1. The molecular weight excluding hydrogens is 246 g/mol. The van der Waals surface area contributed by atoms with Gasteiger partial charge in [-0.05, 0) is 48.8 Å². The van der Waals surface area contributed by atoms with Crippen LogP contribution in [-0.2, 0) is 17.9 Å². The van der Waals surface area contributed by atoms with Crippen molar-refractivity contribution in [3.8, 4) is 0 Å². The molecule has 1 saturated carbocycles. The fourth-order valence-electron chi connectivity index (χ4n) is 2.78. The molecule has 0 saturated heterocycles. The van der Waals surface area contributed by atoms with Gasteiger partial charge in [-0.25, -0.2) is 0 Å². The Morgan fingerprint density at radius 3 is 2.30 bits per heavy atom. The van der Waals surface area contributed by atoms with Crippen LogP contribution in [0.25, 0.3) is 0 Å². The van der Waals surface area contributed by atoms with Gasteiger partial charge in [0.2, 0.25) is 0 Å². The average Bonchev–Trinajstić information content (AvgIpc) is 2.45. The second-order valence-corrected chi connectivity index (χ2v) is 6.77. The molecule has 1 aliphatic rings. The second-order valence-electron chi connectivity index (χ2n) is 6.77. The normalized spacial score (nSPS) is 19.1. The van der Waals surface area contributed by atoms with Crippen molar-refractivity contribution in [1.29, 1.82) is 0 Å². The first-order valence-corrected chi connectivity index (χ1v) is 7.99. The largest absolute Gasteiger partial charge is 0.374 e. The fourth-order valence-corrected chi connectivity index (χ4v) is 2.78. The van der Waals surface area contributed by atoms with Gasteiger partial charge in [-0.1, -0.05) is 45.0 Å². The first-order chi connectivity index (χ1) is 9.59. The molecule has 0 radical (unpaired) electrons. The highest BCUT2D eigenvalue weighted by Gasteiger charge is 2.26. The van der Waals surface area contributed by atoms with Crippen LogP contribution in [0.2, 0.25) is 0 Å². The zero-order chi connectivity index (χ0) is 14.4. The lowest BCUT2D eigenvalue weighted by atomic mass is 9.76. The van der Waals surface area contributed by atoms with Gasteiger partial charge in [-0.2, -0.15) is 0 Å². The van der Waals surface area contributed by atoms with E-state index in [0.717, 1.165) is 19.7 Å². The summed E-state index contributed by atoms with van der Waals surface area (Å²) >= 11 is 0. The summed E-state index contributed by atoms with van der Waals surface area (Å²) in [4.78, 5) is 0. The lowest BCUT2D eigenvalue weighted by Gasteiger charge is -2.34. The molecule has 0 aliphatic heterocycles. The maximum atomic E-state index is 6.07. The minimum absolute atomic E-state index is 0.462. The molecule has 0 spiro atoms. The van der Waals surface area contributed by atoms with Crippen LogP contribution in [-0.4, -0.2) is 12.6 Å². The Labute approximate surface area is 123 Å². The molecule has 1 fully saturated rings. The minimum Gasteiger partial charge on any atom is -0.374 e. The molecule has 2 rings (SSSR count). The van der Waals surface area contributed by atoms with Crippen LogP contribution in [0.15, 0.2) is 24.3 Å². The van der Waals surface area contributed by atoms with Crippen LogP contribution in [0.3, 0.4) is 0 Å². The first-order valence-electron chi connectivity index (χ1n) is 7.99. The summed E-state index contributed by atoms with van der Waals surface area (Å²) in [5, 5.41) is 3.34. The summed E-state index contributed by atoms with van der Waals surface area (Å²) < 4.78 is 6.07. The molecule has 0 bridgehead atoms. The smallest absolute Gasteiger partial charge is 0.0720 e. The maximum Gasteiger partial charge on any atom is 0.0720 e. The molecular formula is C18H29NO. The zero-order valence-corrected chi connectivity index (χ0v) is 13.2. The quantitative estimate of drug-likeness (QED) is 0.836. The fraction of sp³-hybridized carbons (Fsp3) is 0.667. The summed E-state index contributed by atoms with van der Waals surface area (Å²) in [6, 6.07) is 8.79. The highest BCUT2D eigenvalue weighted by molar-refractivity contribution is 5.21. The van der Waals surface area contributed by atoms with Gasteiger partial charge in [-0.3, -0.25) is 0 Å². The van der Waals surface area contributed by atoms with Gasteiger partial charge in [0.25, 0.3) is 0 Å². The van der Waals surface area contributed by atoms with Crippen molar-refractivity contribution in [2.24, 2.45) is 5.41 Å². The Hall–Kier alpha value is -0.860. The van der Waals surface area contributed by atoms with E-state index in [4.69, 9.17) is 4.74 Å². The number of hydrogen-bond donors (Lipinski definition) is 1. The van der Waals surface area contributed by atoms with Gasteiger partial charge in [0.1, 0.15) is 0 Å². The summed E-state index contributed by atoms with van der Waals surface area (Å²) in [5.74, 6) is 0. The van der Waals surface area contributed by atoms with Crippen molar-refractivity contribution in [3.63, 3.8) is 0 Å². The third-order valence-corrected chi connectivity index (χ3v) is 4.37. The predicted molar refractivity (Wildman–Crippen MR) is 84.6 cm³/mol. The first kappa shape index (κ1) is 15.5. The monoisotopic (exact) mass is 275 g/mol. The van der Waals surface area contributed by atoms with E-state index in [9.17, 15) is 0 Å². The molecule has 1 N–H and O–H groups in total. The van der Waals surface area contributed by atoms with E-state index in [1.165, 1.54) is 36.8 Å². The van der Waals surface area contributed by atoms with Crippen LogP contribution in [0.1, 0.15) is 57.6 Å².